The van der Waals surface area contributed by atoms with Crippen LogP contribution in [0.1, 0.15) is 13.8 Å². The monoisotopic (exact) mass is 216 g/mol. The lowest BCUT2D eigenvalue weighted by Gasteiger charge is -2.18. The molecule has 2 nitrogen and oxygen atoms in total. The average Bonchev–Trinajstić information content (AvgIpc) is 2.29. The molecule has 0 aromatic heterocycles. The van der Waals surface area contributed by atoms with Crippen molar-refractivity contribution in [2.45, 2.75) is 26.1 Å². The highest BCUT2D eigenvalue weighted by Gasteiger charge is 2.11. The third kappa shape index (κ3) is 2.17. The van der Waals surface area contributed by atoms with Crippen molar-refractivity contribution in [2.24, 2.45) is 0 Å². The third-order valence-corrected chi connectivity index (χ3v) is 2.74. The fraction of sp³-hybridized carbons (Fsp3) is 0.286. The van der Waals surface area contributed by atoms with Gasteiger partial charge in [0.2, 0.25) is 0 Å². The van der Waals surface area contributed by atoms with Crippen LogP contribution in [0.15, 0.2) is 42.5 Å². The van der Waals surface area contributed by atoms with Crippen molar-refractivity contribution in [2.75, 3.05) is 0 Å². The SMILES string of the molecule is CC(O)C(C)Oc1cccc2ccccc12. The van der Waals surface area contributed by atoms with Crippen molar-refractivity contribution < 1.29 is 9.84 Å². The van der Waals surface area contributed by atoms with Gasteiger partial charge in [0.25, 0.3) is 0 Å². The summed E-state index contributed by atoms with van der Waals surface area (Å²) >= 11 is 0. The van der Waals surface area contributed by atoms with E-state index in [4.69, 9.17) is 4.74 Å². The fourth-order valence-corrected chi connectivity index (χ4v) is 1.60. The lowest BCUT2D eigenvalue weighted by atomic mass is 10.1. The Morgan fingerprint density at radius 1 is 1.00 bits per heavy atom. The van der Waals surface area contributed by atoms with Gasteiger partial charge in [0.15, 0.2) is 0 Å². The molecule has 0 aliphatic carbocycles. The topological polar surface area (TPSA) is 29.5 Å². The van der Waals surface area contributed by atoms with Crippen molar-refractivity contribution in [3.63, 3.8) is 0 Å². The van der Waals surface area contributed by atoms with Crippen LogP contribution >= 0.6 is 0 Å². The first-order chi connectivity index (χ1) is 7.68. The summed E-state index contributed by atoms with van der Waals surface area (Å²) in [6.45, 7) is 3.60. The van der Waals surface area contributed by atoms with Gasteiger partial charge in [-0.05, 0) is 25.3 Å². The number of hydrogen-bond acceptors (Lipinski definition) is 2. The zero-order valence-electron chi connectivity index (χ0n) is 9.55. The van der Waals surface area contributed by atoms with Gasteiger partial charge >= 0.3 is 0 Å². The summed E-state index contributed by atoms with van der Waals surface area (Å²) in [5, 5.41) is 11.7. The molecule has 1 N–H and O–H groups in total. The van der Waals surface area contributed by atoms with E-state index in [0.717, 1.165) is 16.5 Å². The molecular formula is C14H16O2. The molecule has 0 saturated heterocycles. The second kappa shape index (κ2) is 4.54. The Bertz CT molecular complexity index is 472. The van der Waals surface area contributed by atoms with Crippen LogP contribution in [0.25, 0.3) is 10.8 Å². The Morgan fingerprint density at radius 3 is 2.44 bits per heavy atom. The molecule has 2 aromatic rings. The zero-order chi connectivity index (χ0) is 11.5. The van der Waals surface area contributed by atoms with Gasteiger partial charge in [0, 0.05) is 5.39 Å². The van der Waals surface area contributed by atoms with E-state index in [2.05, 4.69) is 12.1 Å². The molecule has 0 radical (unpaired) electrons. The molecular weight excluding hydrogens is 200 g/mol. The Balaban J connectivity index is 2.37. The minimum absolute atomic E-state index is 0.203. The summed E-state index contributed by atoms with van der Waals surface area (Å²) in [6.07, 6.45) is -0.676. The van der Waals surface area contributed by atoms with Gasteiger partial charge in [-0.25, -0.2) is 0 Å². The maximum absolute atomic E-state index is 9.43. The molecule has 0 bridgehead atoms. The lowest BCUT2D eigenvalue weighted by molar-refractivity contribution is 0.0614. The molecule has 0 saturated carbocycles. The zero-order valence-corrected chi connectivity index (χ0v) is 9.55. The summed E-state index contributed by atoms with van der Waals surface area (Å²) < 4.78 is 5.74. The van der Waals surface area contributed by atoms with E-state index >= 15 is 0 Å². The van der Waals surface area contributed by atoms with Crippen LogP contribution in [0.3, 0.4) is 0 Å². The van der Waals surface area contributed by atoms with Crippen LogP contribution in [0.2, 0.25) is 0 Å². The minimum atomic E-state index is -0.473. The maximum Gasteiger partial charge on any atom is 0.127 e. The van der Waals surface area contributed by atoms with Gasteiger partial charge in [-0.3, -0.25) is 0 Å². The van der Waals surface area contributed by atoms with Crippen LogP contribution in [-0.2, 0) is 0 Å². The number of fused-ring (bicyclic) bond motifs is 1. The smallest absolute Gasteiger partial charge is 0.127 e. The second-order valence-corrected chi connectivity index (χ2v) is 4.04. The van der Waals surface area contributed by atoms with Crippen LogP contribution in [0.4, 0.5) is 0 Å². The molecule has 0 aliphatic heterocycles. The van der Waals surface area contributed by atoms with Crippen LogP contribution in [0.5, 0.6) is 5.75 Å². The van der Waals surface area contributed by atoms with Gasteiger partial charge in [-0.2, -0.15) is 0 Å². The molecule has 84 valence electrons. The lowest BCUT2D eigenvalue weighted by Crippen LogP contribution is -2.25. The Hall–Kier alpha value is -1.54. The molecule has 16 heavy (non-hydrogen) atoms. The standard InChI is InChI=1S/C14H16O2/c1-10(15)11(2)16-14-9-5-7-12-6-3-4-8-13(12)14/h3-11,15H,1-2H3. The molecule has 0 spiro atoms. The number of rotatable bonds is 3. The molecule has 0 aliphatic rings. The predicted octanol–water partition coefficient (Wildman–Crippen LogP) is 2.99. The van der Waals surface area contributed by atoms with E-state index in [1.54, 1.807) is 6.92 Å². The van der Waals surface area contributed by atoms with E-state index in [1.165, 1.54) is 0 Å². The summed E-state index contributed by atoms with van der Waals surface area (Å²) in [5.74, 6) is 0.825. The van der Waals surface area contributed by atoms with Crippen molar-refractivity contribution in [1.29, 1.82) is 0 Å². The first-order valence-corrected chi connectivity index (χ1v) is 5.51. The summed E-state index contributed by atoms with van der Waals surface area (Å²) in [6, 6.07) is 14.0. The number of ether oxygens (including phenoxy) is 1. The van der Waals surface area contributed by atoms with E-state index in [9.17, 15) is 5.11 Å². The molecule has 0 heterocycles. The van der Waals surface area contributed by atoms with E-state index in [0.29, 0.717) is 0 Å². The highest BCUT2D eigenvalue weighted by atomic mass is 16.5. The van der Waals surface area contributed by atoms with E-state index in [-0.39, 0.29) is 6.10 Å². The van der Waals surface area contributed by atoms with Crippen LogP contribution in [0, 0.1) is 0 Å². The molecule has 2 unspecified atom stereocenters. The molecule has 2 rings (SSSR count). The summed E-state index contributed by atoms with van der Waals surface area (Å²) in [5.41, 5.74) is 0. The third-order valence-electron chi connectivity index (χ3n) is 2.74. The molecule has 2 heteroatoms. The van der Waals surface area contributed by atoms with Crippen LogP contribution in [-0.4, -0.2) is 17.3 Å². The summed E-state index contributed by atoms with van der Waals surface area (Å²) in [4.78, 5) is 0. The van der Waals surface area contributed by atoms with Crippen LogP contribution < -0.4 is 4.74 Å². The largest absolute Gasteiger partial charge is 0.487 e. The van der Waals surface area contributed by atoms with Crippen molar-refractivity contribution >= 4 is 10.8 Å². The Kier molecular flexibility index (Phi) is 3.11. The number of aliphatic hydroxyl groups is 1. The quantitative estimate of drug-likeness (QED) is 0.854. The molecule has 0 amide bonds. The second-order valence-electron chi connectivity index (χ2n) is 4.04. The minimum Gasteiger partial charge on any atom is -0.487 e. The highest BCUT2D eigenvalue weighted by molar-refractivity contribution is 5.88. The van der Waals surface area contributed by atoms with Gasteiger partial charge in [0.1, 0.15) is 11.9 Å². The van der Waals surface area contributed by atoms with E-state index < -0.39 is 6.10 Å². The predicted molar refractivity (Wildman–Crippen MR) is 65.7 cm³/mol. The van der Waals surface area contributed by atoms with Gasteiger partial charge in [-0.15, -0.1) is 0 Å². The highest BCUT2D eigenvalue weighted by Crippen LogP contribution is 2.26. The first kappa shape index (κ1) is 11.0. The van der Waals surface area contributed by atoms with E-state index in [1.807, 2.05) is 37.3 Å². The van der Waals surface area contributed by atoms with Crippen molar-refractivity contribution in [3.8, 4) is 5.75 Å². The van der Waals surface area contributed by atoms with Gasteiger partial charge in [-0.1, -0.05) is 36.4 Å². The number of hydrogen-bond donors (Lipinski definition) is 1. The summed E-state index contributed by atoms with van der Waals surface area (Å²) in [7, 11) is 0. The van der Waals surface area contributed by atoms with Gasteiger partial charge < -0.3 is 9.84 Å². The first-order valence-electron chi connectivity index (χ1n) is 5.51. The Labute approximate surface area is 95.5 Å². The normalized spacial score (nSPS) is 14.7. The molecule has 2 atom stereocenters. The average molecular weight is 216 g/mol. The van der Waals surface area contributed by atoms with Gasteiger partial charge in [0.05, 0.1) is 6.10 Å². The molecule has 2 aromatic carbocycles. The number of aliphatic hydroxyl groups excluding tert-OH is 1. The maximum atomic E-state index is 9.43. The molecule has 0 fully saturated rings. The fourth-order valence-electron chi connectivity index (χ4n) is 1.60. The number of benzene rings is 2. The van der Waals surface area contributed by atoms with Crippen molar-refractivity contribution in [1.82, 2.24) is 0 Å². The Morgan fingerprint density at radius 2 is 1.69 bits per heavy atom. The van der Waals surface area contributed by atoms with Crippen molar-refractivity contribution in [3.05, 3.63) is 42.5 Å².